The van der Waals surface area contributed by atoms with Gasteiger partial charge in [-0.05, 0) is 23.1 Å². The van der Waals surface area contributed by atoms with Crippen LogP contribution < -0.4 is 16.4 Å². The van der Waals surface area contributed by atoms with Gasteiger partial charge in [0.15, 0.2) is 0 Å². The molecule has 0 aliphatic heterocycles. The molecule has 0 unspecified atom stereocenters. The number of hydrogen-bond donors (Lipinski definition) is 3. The number of nitrogens with two attached hydrogens (primary N) is 1. The third-order valence-corrected chi connectivity index (χ3v) is 4.84. The van der Waals surface area contributed by atoms with Crippen molar-refractivity contribution < 1.29 is 32.3 Å². The van der Waals surface area contributed by atoms with Crippen LogP contribution in [0.1, 0.15) is 30.5 Å². The third kappa shape index (κ3) is 7.81. The third-order valence-electron chi connectivity index (χ3n) is 4.84. The number of rotatable bonds is 9. The lowest BCUT2D eigenvalue weighted by Gasteiger charge is -2.24. The molecule has 0 fully saturated rings. The summed E-state index contributed by atoms with van der Waals surface area (Å²) < 4.78 is 44.9. The SMILES string of the molecule is CC(C)[C@@H](NC(=O)OCc1ccccc1)C(=O)N[C@@H](Cc1ccccc1C(F)(F)F)C(N)=O. The van der Waals surface area contributed by atoms with Gasteiger partial charge < -0.3 is 21.1 Å². The largest absolute Gasteiger partial charge is 0.445 e. The molecular weight excluding hydrogens is 439 g/mol. The van der Waals surface area contributed by atoms with E-state index in [0.717, 1.165) is 11.6 Å². The molecule has 10 heteroatoms. The smallest absolute Gasteiger partial charge is 0.416 e. The summed E-state index contributed by atoms with van der Waals surface area (Å²) in [7, 11) is 0. The Morgan fingerprint density at radius 2 is 1.58 bits per heavy atom. The monoisotopic (exact) mass is 465 g/mol. The van der Waals surface area contributed by atoms with E-state index in [2.05, 4.69) is 10.6 Å². The lowest BCUT2D eigenvalue weighted by atomic mass is 9.98. The highest BCUT2D eigenvalue weighted by Gasteiger charge is 2.35. The van der Waals surface area contributed by atoms with Crippen molar-refractivity contribution in [3.63, 3.8) is 0 Å². The first-order valence-corrected chi connectivity index (χ1v) is 10.2. The predicted octanol–water partition coefficient (Wildman–Crippen LogP) is 3.17. The van der Waals surface area contributed by atoms with E-state index < -0.39 is 54.1 Å². The zero-order valence-corrected chi connectivity index (χ0v) is 18.2. The van der Waals surface area contributed by atoms with E-state index in [9.17, 15) is 27.6 Å². The number of primary amides is 1. The highest BCUT2D eigenvalue weighted by Crippen LogP contribution is 2.32. The minimum atomic E-state index is -4.63. The Balaban J connectivity index is 2.07. The van der Waals surface area contributed by atoms with E-state index in [-0.39, 0.29) is 12.2 Å². The van der Waals surface area contributed by atoms with Gasteiger partial charge in [0, 0.05) is 6.42 Å². The molecule has 2 aromatic carbocycles. The van der Waals surface area contributed by atoms with Gasteiger partial charge in [-0.15, -0.1) is 0 Å². The maximum Gasteiger partial charge on any atom is 0.416 e. The molecule has 0 spiro atoms. The minimum absolute atomic E-state index is 0.0166. The number of halogens is 3. The fourth-order valence-corrected chi connectivity index (χ4v) is 3.11. The van der Waals surface area contributed by atoms with Gasteiger partial charge in [-0.2, -0.15) is 13.2 Å². The normalized spacial score (nSPS) is 13.2. The summed E-state index contributed by atoms with van der Waals surface area (Å²) in [5.74, 6) is -2.19. The van der Waals surface area contributed by atoms with E-state index in [4.69, 9.17) is 10.5 Å². The molecule has 0 saturated heterocycles. The van der Waals surface area contributed by atoms with E-state index in [1.54, 1.807) is 38.1 Å². The van der Waals surface area contributed by atoms with Crippen LogP contribution in [0.15, 0.2) is 54.6 Å². The second-order valence-electron chi connectivity index (χ2n) is 7.75. The van der Waals surface area contributed by atoms with Crippen molar-refractivity contribution in [1.29, 1.82) is 0 Å². The fraction of sp³-hybridized carbons (Fsp3) is 0.348. The molecule has 33 heavy (non-hydrogen) atoms. The molecule has 178 valence electrons. The molecule has 4 N–H and O–H groups in total. The lowest BCUT2D eigenvalue weighted by molar-refractivity contribution is -0.138. The fourth-order valence-electron chi connectivity index (χ4n) is 3.11. The van der Waals surface area contributed by atoms with Crippen LogP contribution in [0, 0.1) is 5.92 Å². The van der Waals surface area contributed by atoms with Crippen LogP contribution >= 0.6 is 0 Å². The molecule has 0 saturated carbocycles. The zero-order valence-electron chi connectivity index (χ0n) is 18.2. The highest BCUT2D eigenvalue weighted by molar-refractivity contribution is 5.91. The van der Waals surface area contributed by atoms with Gasteiger partial charge in [0.2, 0.25) is 11.8 Å². The molecule has 7 nitrogen and oxygen atoms in total. The summed E-state index contributed by atoms with van der Waals surface area (Å²) in [5.41, 5.74) is 4.97. The van der Waals surface area contributed by atoms with Gasteiger partial charge in [-0.3, -0.25) is 9.59 Å². The summed E-state index contributed by atoms with van der Waals surface area (Å²) in [6, 6.07) is 11.1. The number of benzene rings is 2. The van der Waals surface area contributed by atoms with Crippen molar-refractivity contribution in [2.24, 2.45) is 11.7 Å². The van der Waals surface area contributed by atoms with Gasteiger partial charge in [0.05, 0.1) is 5.56 Å². The topological polar surface area (TPSA) is 111 Å². The molecule has 0 radical (unpaired) electrons. The second kappa shape index (κ2) is 11.3. The van der Waals surface area contributed by atoms with Gasteiger partial charge in [-0.1, -0.05) is 62.4 Å². The number of alkyl carbamates (subject to hydrolysis) is 1. The number of amides is 3. The standard InChI is InChI=1S/C23H26F3N3O4/c1-14(2)19(29-22(32)33-13-15-8-4-3-5-9-15)21(31)28-18(20(27)30)12-16-10-6-7-11-17(16)23(24,25)26/h3-11,14,18-19H,12-13H2,1-2H3,(H2,27,30)(H,28,31)(H,29,32)/t18-,19+/m0/s1. The summed E-state index contributed by atoms with van der Waals surface area (Å²) in [5, 5.41) is 4.78. The summed E-state index contributed by atoms with van der Waals surface area (Å²) in [6.07, 6.45) is -5.95. The second-order valence-corrected chi connectivity index (χ2v) is 7.75. The lowest BCUT2D eigenvalue weighted by Crippen LogP contribution is -2.55. The maximum absolute atomic E-state index is 13.3. The van der Waals surface area contributed by atoms with Gasteiger partial charge >= 0.3 is 12.3 Å². The number of nitrogens with one attached hydrogen (secondary N) is 2. The summed E-state index contributed by atoms with van der Waals surface area (Å²) >= 11 is 0. The molecule has 2 aromatic rings. The van der Waals surface area contributed by atoms with Crippen LogP contribution in [-0.4, -0.2) is 30.0 Å². The number of carbonyl (C=O) groups is 3. The Labute approximate surface area is 189 Å². The van der Waals surface area contributed by atoms with Crippen LogP contribution in [-0.2, 0) is 33.5 Å². The van der Waals surface area contributed by atoms with Crippen LogP contribution in [0.4, 0.5) is 18.0 Å². The van der Waals surface area contributed by atoms with Crippen molar-refractivity contribution in [2.45, 2.75) is 45.1 Å². The summed E-state index contributed by atoms with van der Waals surface area (Å²) in [6.45, 7) is 3.29. The Morgan fingerprint density at radius 3 is 2.15 bits per heavy atom. The van der Waals surface area contributed by atoms with Crippen LogP contribution in [0.25, 0.3) is 0 Å². The van der Waals surface area contributed by atoms with E-state index in [1.165, 1.54) is 18.2 Å². The molecule has 3 amide bonds. The Morgan fingerprint density at radius 1 is 0.970 bits per heavy atom. The predicted molar refractivity (Wildman–Crippen MR) is 115 cm³/mol. The maximum atomic E-state index is 13.3. The average Bonchev–Trinajstić information content (AvgIpc) is 2.75. The zero-order chi connectivity index (χ0) is 24.6. The van der Waals surface area contributed by atoms with Gasteiger partial charge in [-0.25, -0.2) is 4.79 Å². The molecule has 0 aliphatic rings. The number of alkyl halides is 3. The van der Waals surface area contributed by atoms with Gasteiger partial charge in [0.1, 0.15) is 18.7 Å². The Hall–Kier alpha value is -3.56. The molecule has 0 aliphatic carbocycles. The van der Waals surface area contributed by atoms with Crippen molar-refractivity contribution in [2.75, 3.05) is 0 Å². The first kappa shape index (κ1) is 25.7. The Kier molecular flexibility index (Phi) is 8.84. The van der Waals surface area contributed by atoms with E-state index in [1.807, 2.05) is 6.07 Å². The van der Waals surface area contributed by atoms with Crippen molar-refractivity contribution in [3.8, 4) is 0 Å². The van der Waals surface area contributed by atoms with Gasteiger partial charge in [0.25, 0.3) is 0 Å². The van der Waals surface area contributed by atoms with Crippen molar-refractivity contribution in [1.82, 2.24) is 10.6 Å². The van der Waals surface area contributed by atoms with E-state index in [0.29, 0.717) is 0 Å². The minimum Gasteiger partial charge on any atom is -0.445 e. The van der Waals surface area contributed by atoms with Crippen LogP contribution in [0.2, 0.25) is 0 Å². The Bertz CT molecular complexity index is 965. The quantitative estimate of drug-likeness (QED) is 0.528. The molecule has 2 atom stereocenters. The van der Waals surface area contributed by atoms with Crippen molar-refractivity contribution in [3.05, 3.63) is 71.3 Å². The molecule has 2 rings (SSSR count). The first-order chi connectivity index (χ1) is 15.5. The number of ether oxygens (including phenoxy) is 1. The number of hydrogen-bond acceptors (Lipinski definition) is 4. The molecule has 0 heterocycles. The van der Waals surface area contributed by atoms with E-state index >= 15 is 0 Å². The van der Waals surface area contributed by atoms with Crippen LogP contribution in [0.3, 0.4) is 0 Å². The molecule has 0 bridgehead atoms. The molecule has 0 aromatic heterocycles. The first-order valence-electron chi connectivity index (χ1n) is 10.2. The van der Waals surface area contributed by atoms with Crippen LogP contribution in [0.5, 0.6) is 0 Å². The average molecular weight is 465 g/mol. The summed E-state index contributed by atoms with van der Waals surface area (Å²) in [4.78, 5) is 36.8. The van der Waals surface area contributed by atoms with Crippen molar-refractivity contribution >= 4 is 17.9 Å². The molecular formula is C23H26F3N3O4. The highest BCUT2D eigenvalue weighted by atomic mass is 19.4. The number of carbonyl (C=O) groups excluding carboxylic acids is 3.